The van der Waals surface area contributed by atoms with Crippen molar-refractivity contribution in [2.75, 3.05) is 11.4 Å². The second-order valence-corrected chi connectivity index (χ2v) is 8.95. The van der Waals surface area contributed by atoms with Gasteiger partial charge < -0.3 is 0 Å². The lowest BCUT2D eigenvalue weighted by atomic mass is 9.52. The van der Waals surface area contributed by atoms with Gasteiger partial charge in [0.25, 0.3) is 0 Å². The molecule has 0 radical (unpaired) electrons. The third kappa shape index (κ3) is 1.55. The Bertz CT molecular complexity index is 732. The van der Waals surface area contributed by atoms with Gasteiger partial charge in [0.15, 0.2) is 0 Å². The Morgan fingerprint density at radius 3 is 2.29 bits per heavy atom. The van der Waals surface area contributed by atoms with E-state index in [0.717, 1.165) is 29.0 Å². The van der Waals surface area contributed by atoms with Crippen molar-refractivity contribution in [1.82, 2.24) is 4.90 Å². The van der Waals surface area contributed by atoms with Gasteiger partial charge in [-0.15, -0.1) is 0 Å². The first-order valence-corrected chi connectivity index (χ1v) is 9.52. The minimum atomic E-state index is 0.0751. The summed E-state index contributed by atoms with van der Waals surface area (Å²) in [6.45, 7) is 5.00. The molecule has 2 aliphatic heterocycles. The van der Waals surface area contributed by atoms with E-state index < -0.39 is 0 Å². The van der Waals surface area contributed by atoms with Crippen molar-refractivity contribution in [2.24, 2.45) is 17.8 Å². The summed E-state index contributed by atoms with van der Waals surface area (Å²) in [5.41, 5.74) is 3.64. The van der Waals surface area contributed by atoms with Crippen LogP contribution in [0, 0.1) is 17.8 Å². The molecule has 1 aromatic carbocycles. The molecule has 1 unspecified atom stereocenters. The van der Waals surface area contributed by atoms with Gasteiger partial charge in [-0.05, 0) is 67.9 Å². The van der Waals surface area contributed by atoms with Gasteiger partial charge in [0, 0.05) is 11.1 Å². The van der Waals surface area contributed by atoms with Crippen LogP contribution in [0.3, 0.4) is 0 Å². The highest BCUT2D eigenvalue weighted by Gasteiger charge is 2.59. The van der Waals surface area contributed by atoms with Crippen LogP contribution in [-0.2, 0) is 4.79 Å². The van der Waals surface area contributed by atoms with Crippen molar-refractivity contribution < 1.29 is 4.79 Å². The van der Waals surface area contributed by atoms with Crippen LogP contribution in [0.1, 0.15) is 44.1 Å². The summed E-state index contributed by atoms with van der Waals surface area (Å²) in [6, 6.07) is 8.31. The van der Waals surface area contributed by atoms with E-state index in [9.17, 15) is 4.79 Å². The number of amides is 1. The zero-order valence-electron chi connectivity index (χ0n) is 14.1. The molecule has 4 bridgehead atoms. The van der Waals surface area contributed by atoms with E-state index >= 15 is 0 Å². The molecule has 7 rings (SSSR count). The minimum Gasteiger partial charge on any atom is -0.290 e. The van der Waals surface area contributed by atoms with Crippen LogP contribution in [0.2, 0.25) is 0 Å². The van der Waals surface area contributed by atoms with Gasteiger partial charge >= 0.3 is 0 Å². The van der Waals surface area contributed by atoms with Crippen LogP contribution >= 0.6 is 0 Å². The maximum Gasteiger partial charge on any atom is 0.242 e. The summed E-state index contributed by atoms with van der Waals surface area (Å²) in [5.74, 6) is 2.97. The lowest BCUT2D eigenvalue weighted by molar-refractivity contribution is -0.120. The summed E-state index contributed by atoms with van der Waals surface area (Å²) < 4.78 is 0. The van der Waals surface area contributed by atoms with Gasteiger partial charge in [0.1, 0.15) is 6.17 Å². The number of rotatable bonds is 1. The number of nitrogens with zero attached hydrogens (tertiary/aromatic N) is 2. The van der Waals surface area contributed by atoms with Crippen molar-refractivity contribution in [2.45, 2.75) is 50.2 Å². The van der Waals surface area contributed by atoms with Crippen LogP contribution in [-0.4, -0.2) is 29.1 Å². The van der Waals surface area contributed by atoms with Crippen LogP contribution < -0.4 is 4.90 Å². The average Bonchev–Trinajstić information content (AvgIpc) is 3.04. The predicted molar refractivity (Wildman–Crippen MR) is 94.4 cm³/mol. The fourth-order valence-corrected chi connectivity index (χ4v) is 7.13. The summed E-state index contributed by atoms with van der Waals surface area (Å²) in [7, 11) is 0. The fourth-order valence-electron chi connectivity index (χ4n) is 7.13. The summed E-state index contributed by atoms with van der Waals surface area (Å²) >= 11 is 0. The monoisotopic (exact) mass is 320 g/mol. The van der Waals surface area contributed by atoms with E-state index in [1.807, 2.05) is 11.0 Å². The molecule has 1 aromatic rings. The molecule has 3 heteroatoms. The van der Waals surface area contributed by atoms with Crippen molar-refractivity contribution in [3.8, 4) is 0 Å². The largest absolute Gasteiger partial charge is 0.290 e. The molecule has 0 aromatic heterocycles. The third-order valence-electron chi connectivity index (χ3n) is 7.55. The molecule has 6 aliphatic rings. The SMILES string of the molecule is C=C1c2ccccc2N2C(=O)CN(C34CC5CC(CC(C5)C3)C4)C12. The van der Waals surface area contributed by atoms with Gasteiger partial charge in [0.2, 0.25) is 5.91 Å². The Labute approximate surface area is 143 Å². The van der Waals surface area contributed by atoms with Gasteiger partial charge in [-0.1, -0.05) is 24.8 Å². The molecule has 4 saturated carbocycles. The minimum absolute atomic E-state index is 0.0751. The highest BCUT2D eigenvalue weighted by Crippen LogP contribution is 2.60. The predicted octanol–water partition coefficient (Wildman–Crippen LogP) is 3.66. The first-order valence-electron chi connectivity index (χ1n) is 9.52. The smallest absolute Gasteiger partial charge is 0.242 e. The van der Waals surface area contributed by atoms with E-state index in [0.29, 0.717) is 6.54 Å². The number of carbonyl (C=O) groups excluding carboxylic acids is 1. The highest BCUT2D eigenvalue weighted by atomic mass is 16.2. The van der Waals surface area contributed by atoms with Gasteiger partial charge in [-0.2, -0.15) is 0 Å². The molecule has 5 fully saturated rings. The standard InChI is InChI=1S/C21H24N2O/c1-13-17-4-2-3-5-18(17)23-19(24)12-22(20(13)23)21-9-14-6-15(10-21)8-16(7-14)11-21/h2-5,14-16,20H,1,6-12H2. The molecule has 1 atom stereocenters. The maximum atomic E-state index is 12.9. The second kappa shape index (κ2) is 4.32. The summed E-state index contributed by atoms with van der Waals surface area (Å²) in [5, 5.41) is 0. The van der Waals surface area contributed by atoms with E-state index in [4.69, 9.17) is 0 Å². The Balaban J connectivity index is 1.44. The Morgan fingerprint density at radius 1 is 1.00 bits per heavy atom. The third-order valence-corrected chi connectivity index (χ3v) is 7.55. The zero-order valence-corrected chi connectivity index (χ0v) is 14.1. The van der Waals surface area contributed by atoms with Crippen molar-refractivity contribution in [1.29, 1.82) is 0 Å². The van der Waals surface area contributed by atoms with E-state index in [-0.39, 0.29) is 17.6 Å². The normalized spacial score (nSPS) is 42.8. The first kappa shape index (κ1) is 13.7. The molecule has 0 spiro atoms. The highest BCUT2D eigenvalue weighted by molar-refractivity contribution is 6.07. The second-order valence-electron chi connectivity index (χ2n) is 8.95. The number of anilines is 1. The van der Waals surface area contributed by atoms with Crippen LogP contribution in [0.4, 0.5) is 5.69 Å². The first-order chi connectivity index (χ1) is 11.6. The van der Waals surface area contributed by atoms with Crippen molar-refractivity contribution in [3.05, 3.63) is 36.4 Å². The van der Waals surface area contributed by atoms with Crippen LogP contribution in [0.15, 0.2) is 30.8 Å². The quantitative estimate of drug-likeness (QED) is 0.788. The molecule has 4 aliphatic carbocycles. The molecule has 0 N–H and O–H groups in total. The zero-order chi connectivity index (χ0) is 16.1. The number of fused-ring (bicyclic) bond motifs is 3. The molecule has 24 heavy (non-hydrogen) atoms. The Hall–Kier alpha value is -1.61. The molecule has 1 saturated heterocycles. The summed E-state index contributed by atoms with van der Waals surface area (Å²) in [4.78, 5) is 17.5. The number of carbonyl (C=O) groups is 1. The number of para-hydroxylation sites is 1. The number of hydrogen-bond acceptors (Lipinski definition) is 2. The summed E-state index contributed by atoms with van der Waals surface area (Å²) in [6.07, 6.45) is 8.32. The molecule has 124 valence electrons. The Morgan fingerprint density at radius 2 is 1.62 bits per heavy atom. The maximum absolute atomic E-state index is 12.9. The average molecular weight is 320 g/mol. The molecular formula is C21H24N2O. The molecule has 1 amide bonds. The Kier molecular flexibility index (Phi) is 2.46. The molecular weight excluding hydrogens is 296 g/mol. The molecule has 2 heterocycles. The fraction of sp³-hybridized carbons (Fsp3) is 0.571. The van der Waals surface area contributed by atoms with Crippen LogP contribution in [0.25, 0.3) is 5.57 Å². The van der Waals surface area contributed by atoms with E-state index in [2.05, 4.69) is 29.7 Å². The van der Waals surface area contributed by atoms with E-state index in [1.165, 1.54) is 44.1 Å². The van der Waals surface area contributed by atoms with E-state index in [1.54, 1.807) is 0 Å². The van der Waals surface area contributed by atoms with Gasteiger partial charge in [-0.25, -0.2) is 0 Å². The number of benzene rings is 1. The van der Waals surface area contributed by atoms with Gasteiger partial charge in [0.05, 0.1) is 12.2 Å². The van der Waals surface area contributed by atoms with Crippen molar-refractivity contribution in [3.63, 3.8) is 0 Å². The number of hydrogen-bond donors (Lipinski definition) is 0. The lowest BCUT2D eigenvalue weighted by Gasteiger charge is -2.60. The van der Waals surface area contributed by atoms with Gasteiger partial charge in [-0.3, -0.25) is 14.6 Å². The van der Waals surface area contributed by atoms with Crippen LogP contribution in [0.5, 0.6) is 0 Å². The molecule has 3 nitrogen and oxygen atoms in total. The topological polar surface area (TPSA) is 23.6 Å². The van der Waals surface area contributed by atoms with Crippen molar-refractivity contribution >= 4 is 17.2 Å². The lowest BCUT2D eigenvalue weighted by Crippen LogP contribution is -2.61.